The summed E-state index contributed by atoms with van der Waals surface area (Å²) >= 11 is 5.00. The number of nitrogens with zero attached hydrogens (tertiary/aromatic N) is 3. The predicted molar refractivity (Wildman–Crippen MR) is 64.7 cm³/mol. The molecule has 1 rings (SSSR count). The summed E-state index contributed by atoms with van der Waals surface area (Å²) in [5.41, 5.74) is 11.2. The summed E-state index contributed by atoms with van der Waals surface area (Å²) < 4.78 is 0. The summed E-state index contributed by atoms with van der Waals surface area (Å²) in [4.78, 5) is 0.329. The van der Waals surface area contributed by atoms with E-state index in [1.54, 1.807) is 5.01 Å². The van der Waals surface area contributed by atoms with Gasteiger partial charge in [0.2, 0.25) is 0 Å². The first-order valence-corrected chi connectivity index (χ1v) is 4.92. The second-order valence-electron chi connectivity index (χ2n) is 3.50. The first kappa shape index (κ1) is 11.8. The number of rotatable bonds is 3. The number of hydrogen-bond acceptors (Lipinski definition) is 5. The third-order valence-corrected chi connectivity index (χ3v) is 2.23. The van der Waals surface area contributed by atoms with E-state index in [9.17, 15) is 0 Å². The maximum atomic E-state index is 5.67. The molecule has 0 unspecified atom stereocenters. The normalized spacial score (nSPS) is 10.5. The largest absolute Gasteiger partial charge is 0.389 e. The van der Waals surface area contributed by atoms with Crippen LogP contribution in [-0.4, -0.2) is 34.3 Å². The van der Waals surface area contributed by atoms with E-state index in [4.69, 9.17) is 18.0 Å². The molecule has 0 radical (unpaired) electrons. The van der Waals surface area contributed by atoms with Crippen molar-refractivity contribution in [3.8, 4) is 0 Å². The van der Waals surface area contributed by atoms with Gasteiger partial charge >= 0.3 is 0 Å². The predicted octanol–water partition coefficient (Wildman–Crippen LogP) is 0.616. The molecule has 0 aliphatic carbocycles. The lowest BCUT2D eigenvalue weighted by Gasteiger charge is -2.16. The number of hydrazine groups is 1. The maximum Gasteiger partial charge on any atom is 0.173 e. The molecule has 82 valence electrons. The fourth-order valence-electron chi connectivity index (χ4n) is 1.20. The van der Waals surface area contributed by atoms with E-state index in [-0.39, 0.29) is 0 Å². The van der Waals surface area contributed by atoms with Crippen molar-refractivity contribution < 1.29 is 0 Å². The molecule has 0 fully saturated rings. The molecule has 1 heterocycles. The van der Waals surface area contributed by atoms with Crippen LogP contribution in [0.5, 0.6) is 0 Å². The molecule has 0 aliphatic rings. The molecule has 1 aromatic heterocycles. The van der Waals surface area contributed by atoms with Crippen LogP contribution in [0, 0.1) is 13.8 Å². The van der Waals surface area contributed by atoms with Gasteiger partial charge in [-0.1, -0.05) is 12.2 Å². The van der Waals surface area contributed by atoms with Gasteiger partial charge < -0.3 is 11.2 Å². The van der Waals surface area contributed by atoms with Gasteiger partial charge in [0.05, 0.1) is 11.3 Å². The molecule has 5 nitrogen and oxygen atoms in total. The number of anilines is 1. The molecule has 0 atom stereocenters. The molecular formula is C9H15N5S. The third-order valence-electron chi connectivity index (χ3n) is 2.03. The summed E-state index contributed by atoms with van der Waals surface area (Å²) in [5, 5.41) is 9.82. The molecule has 0 amide bonds. The zero-order chi connectivity index (χ0) is 11.6. The Morgan fingerprint density at radius 3 is 2.40 bits per heavy atom. The first-order valence-electron chi connectivity index (χ1n) is 4.51. The topological polar surface area (TPSA) is 67.1 Å². The molecule has 0 saturated carbocycles. The summed E-state index contributed by atoms with van der Waals surface area (Å²) in [6, 6.07) is 0. The highest BCUT2D eigenvalue weighted by molar-refractivity contribution is 7.80. The van der Waals surface area contributed by atoms with E-state index < -0.39 is 0 Å². The highest BCUT2D eigenvalue weighted by Crippen LogP contribution is 2.18. The van der Waals surface area contributed by atoms with Crippen LogP contribution in [0.4, 0.5) is 5.82 Å². The summed E-state index contributed by atoms with van der Waals surface area (Å²) in [6.07, 6.45) is 0. The van der Waals surface area contributed by atoms with Crippen LogP contribution in [0.1, 0.15) is 16.8 Å². The van der Waals surface area contributed by atoms with Crippen LogP contribution in [-0.2, 0) is 0 Å². The van der Waals surface area contributed by atoms with E-state index in [0.29, 0.717) is 10.8 Å². The zero-order valence-electron chi connectivity index (χ0n) is 9.33. The van der Waals surface area contributed by atoms with E-state index in [1.165, 1.54) is 0 Å². The monoisotopic (exact) mass is 225 g/mol. The van der Waals surface area contributed by atoms with Crippen molar-refractivity contribution in [3.63, 3.8) is 0 Å². The molecule has 1 aromatic rings. The van der Waals surface area contributed by atoms with Crippen molar-refractivity contribution in [1.29, 1.82) is 0 Å². The van der Waals surface area contributed by atoms with Crippen molar-refractivity contribution in [1.82, 2.24) is 15.2 Å². The molecule has 0 bridgehead atoms. The van der Waals surface area contributed by atoms with Crippen LogP contribution in [0.25, 0.3) is 0 Å². The highest BCUT2D eigenvalue weighted by atomic mass is 32.1. The number of hydrogen-bond donors (Lipinski definition) is 2. The first-order chi connectivity index (χ1) is 6.93. The number of aromatic nitrogens is 2. The van der Waals surface area contributed by atoms with Gasteiger partial charge in [-0.2, -0.15) is 5.10 Å². The van der Waals surface area contributed by atoms with Crippen molar-refractivity contribution in [2.45, 2.75) is 13.8 Å². The van der Waals surface area contributed by atoms with Crippen LogP contribution in [0.2, 0.25) is 0 Å². The number of thiocarbonyl (C=S) groups is 1. The lowest BCUT2D eigenvalue weighted by Crippen LogP contribution is -2.25. The fourth-order valence-corrected chi connectivity index (χ4v) is 1.45. The molecule has 0 aliphatic heterocycles. The molecule has 3 N–H and O–H groups in total. The molecular weight excluding hydrogens is 210 g/mol. The highest BCUT2D eigenvalue weighted by Gasteiger charge is 2.13. The Bertz CT molecular complexity index is 388. The summed E-state index contributed by atoms with van der Waals surface area (Å²) in [5.74, 6) is 0.593. The number of aryl methyl sites for hydroxylation is 1. The molecule has 0 spiro atoms. The van der Waals surface area contributed by atoms with Gasteiger partial charge in [0.25, 0.3) is 0 Å². The van der Waals surface area contributed by atoms with Gasteiger partial charge in [-0.25, -0.2) is 5.01 Å². The quantitative estimate of drug-likeness (QED) is 0.580. The van der Waals surface area contributed by atoms with E-state index in [0.717, 1.165) is 16.8 Å². The van der Waals surface area contributed by atoms with E-state index in [1.807, 2.05) is 27.9 Å². The SMILES string of the molecule is Cc1nnc(NN(C)C)c(C(N)=S)c1C. The Labute approximate surface area is 94.6 Å². The molecule has 6 heteroatoms. The average molecular weight is 225 g/mol. The minimum atomic E-state index is 0.329. The fraction of sp³-hybridized carbons (Fsp3) is 0.444. The van der Waals surface area contributed by atoms with Crippen LogP contribution < -0.4 is 11.2 Å². The van der Waals surface area contributed by atoms with Crippen LogP contribution >= 0.6 is 12.2 Å². The lowest BCUT2D eigenvalue weighted by atomic mass is 10.1. The van der Waals surface area contributed by atoms with Crippen molar-refractivity contribution in [2.24, 2.45) is 5.73 Å². The van der Waals surface area contributed by atoms with Gasteiger partial charge in [0.15, 0.2) is 5.82 Å². The van der Waals surface area contributed by atoms with Crippen LogP contribution in [0.3, 0.4) is 0 Å². The van der Waals surface area contributed by atoms with Gasteiger partial charge in [-0.05, 0) is 19.4 Å². The van der Waals surface area contributed by atoms with E-state index in [2.05, 4.69) is 15.6 Å². The Morgan fingerprint density at radius 2 is 1.93 bits per heavy atom. The average Bonchev–Trinajstić information content (AvgIpc) is 2.10. The Balaban J connectivity index is 3.27. The second kappa shape index (κ2) is 4.50. The Kier molecular flexibility index (Phi) is 3.54. The smallest absolute Gasteiger partial charge is 0.173 e. The Hall–Kier alpha value is -1.27. The third kappa shape index (κ3) is 2.60. The van der Waals surface area contributed by atoms with Crippen molar-refractivity contribution in [3.05, 3.63) is 16.8 Å². The minimum Gasteiger partial charge on any atom is -0.389 e. The minimum absolute atomic E-state index is 0.329. The molecule has 0 saturated heterocycles. The van der Waals surface area contributed by atoms with Crippen LogP contribution in [0.15, 0.2) is 0 Å². The van der Waals surface area contributed by atoms with Crippen molar-refractivity contribution >= 4 is 23.0 Å². The summed E-state index contributed by atoms with van der Waals surface area (Å²) in [7, 11) is 3.72. The second-order valence-corrected chi connectivity index (χ2v) is 3.94. The number of nitrogens with one attached hydrogen (secondary N) is 1. The van der Waals surface area contributed by atoms with Gasteiger partial charge in [-0.15, -0.1) is 5.10 Å². The van der Waals surface area contributed by atoms with E-state index >= 15 is 0 Å². The van der Waals surface area contributed by atoms with Gasteiger partial charge in [0, 0.05) is 14.1 Å². The standard InChI is InChI=1S/C9H15N5S/c1-5-6(2)11-12-9(13-14(3)4)7(5)8(10)15/h1-4H3,(H2,10,15)(H,12,13). The Morgan fingerprint density at radius 1 is 1.33 bits per heavy atom. The number of nitrogens with two attached hydrogens (primary N) is 1. The summed E-state index contributed by atoms with van der Waals surface area (Å²) in [6.45, 7) is 3.81. The molecule has 15 heavy (non-hydrogen) atoms. The maximum absolute atomic E-state index is 5.67. The van der Waals surface area contributed by atoms with Gasteiger partial charge in [0.1, 0.15) is 4.99 Å². The molecule has 0 aromatic carbocycles. The van der Waals surface area contributed by atoms with Crippen molar-refractivity contribution in [2.75, 3.05) is 19.5 Å². The zero-order valence-corrected chi connectivity index (χ0v) is 10.1. The van der Waals surface area contributed by atoms with Gasteiger partial charge in [-0.3, -0.25) is 0 Å². The lowest BCUT2D eigenvalue weighted by molar-refractivity contribution is 0.490.